The van der Waals surface area contributed by atoms with Gasteiger partial charge in [0.1, 0.15) is 11.6 Å². The van der Waals surface area contributed by atoms with Gasteiger partial charge in [-0.25, -0.2) is 9.97 Å². The van der Waals surface area contributed by atoms with Crippen LogP contribution in [0, 0.1) is 0 Å². The molecule has 0 bridgehead atoms. The van der Waals surface area contributed by atoms with Gasteiger partial charge < -0.3 is 9.13 Å². The van der Waals surface area contributed by atoms with Crippen molar-refractivity contribution >= 4 is 32.8 Å². The molecule has 8 rings (SSSR count). The van der Waals surface area contributed by atoms with E-state index in [9.17, 15) is 0 Å². The summed E-state index contributed by atoms with van der Waals surface area (Å²) in [7, 11) is 0. The second-order valence-corrected chi connectivity index (χ2v) is 14.8. The van der Waals surface area contributed by atoms with Gasteiger partial charge in [-0.15, -0.1) is 0 Å². The van der Waals surface area contributed by atoms with Gasteiger partial charge in [-0.2, -0.15) is 0 Å². The third kappa shape index (κ3) is 5.09. The van der Waals surface area contributed by atoms with Crippen molar-refractivity contribution in [2.45, 2.75) is 52.6 Å². The average molecular weight is 625 g/mol. The number of rotatable bonds is 4. The van der Waals surface area contributed by atoms with Crippen LogP contribution in [0.5, 0.6) is 0 Å². The summed E-state index contributed by atoms with van der Waals surface area (Å²) < 4.78 is 4.71. The summed E-state index contributed by atoms with van der Waals surface area (Å²) in [6.45, 7) is 13.4. The third-order valence-corrected chi connectivity index (χ3v) is 9.26. The van der Waals surface area contributed by atoms with Gasteiger partial charge in [-0.05, 0) is 111 Å². The Hall–Kier alpha value is -5.48. The van der Waals surface area contributed by atoms with E-state index in [1.807, 2.05) is 0 Å². The van der Waals surface area contributed by atoms with Crippen LogP contribution >= 0.6 is 0 Å². The van der Waals surface area contributed by atoms with E-state index in [0.29, 0.717) is 0 Å². The van der Waals surface area contributed by atoms with E-state index < -0.39 is 0 Å². The van der Waals surface area contributed by atoms with Crippen LogP contribution < -0.4 is 0 Å². The average Bonchev–Trinajstić information content (AvgIpc) is 3.68. The second kappa shape index (κ2) is 11.1. The Morgan fingerprint density at radius 3 is 1.10 bits per heavy atom. The minimum atomic E-state index is -0.113. The van der Waals surface area contributed by atoms with Crippen molar-refractivity contribution in [1.29, 1.82) is 0 Å². The maximum absolute atomic E-state index is 5.08. The number of imidazole rings is 2. The highest BCUT2D eigenvalue weighted by molar-refractivity contribution is 5.97. The maximum atomic E-state index is 5.08. The maximum Gasteiger partial charge on any atom is 0.141 e. The van der Waals surface area contributed by atoms with Crippen molar-refractivity contribution in [3.63, 3.8) is 0 Å². The summed E-state index contributed by atoms with van der Waals surface area (Å²) in [5, 5.41) is 2.45. The van der Waals surface area contributed by atoms with Gasteiger partial charge in [-0.1, -0.05) is 97.1 Å². The highest BCUT2D eigenvalue weighted by atomic mass is 15.1. The molecule has 6 aromatic carbocycles. The van der Waals surface area contributed by atoms with E-state index >= 15 is 0 Å². The smallest absolute Gasteiger partial charge is 0.141 e. The van der Waals surface area contributed by atoms with Crippen molar-refractivity contribution in [3.05, 3.63) is 133 Å². The topological polar surface area (TPSA) is 35.6 Å². The Bertz CT molecular complexity index is 2270. The first-order valence-electron chi connectivity index (χ1n) is 16.8. The molecule has 4 heteroatoms. The summed E-state index contributed by atoms with van der Waals surface area (Å²) >= 11 is 0. The van der Waals surface area contributed by atoms with Crippen LogP contribution in [-0.4, -0.2) is 19.1 Å². The Labute approximate surface area is 282 Å². The van der Waals surface area contributed by atoms with Gasteiger partial charge in [0, 0.05) is 22.2 Å². The fourth-order valence-electron chi connectivity index (χ4n) is 7.11. The van der Waals surface area contributed by atoms with E-state index in [2.05, 4.69) is 184 Å². The van der Waals surface area contributed by atoms with Crippen molar-refractivity contribution < 1.29 is 0 Å². The van der Waals surface area contributed by atoms with Crippen LogP contribution in [0.15, 0.2) is 133 Å². The number of fused-ring (bicyclic) bond motifs is 3. The molecule has 0 radical (unpaired) electrons. The zero-order valence-electron chi connectivity index (χ0n) is 28.5. The van der Waals surface area contributed by atoms with Crippen LogP contribution in [0.2, 0.25) is 0 Å². The molecule has 4 nitrogen and oxygen atoms in total. The SMILES string of the molecule is CC(C)(C)n1c(-c2ccc(-c3cc4ccccc4cc3-c3ccc(-c4nc5ccccc5n4C(C)(C)C)cc3)cc2)nc2ccccc21. The number of benzene rings is 6. The first-order valence-corrected chi connectivity index (χ1v) is 16.8. The standard InChI is InChI=1S/C44H40N4/c1-43(2,3)47-39-17-11-9-15-37(39)45-41(47)31-23-19-29(20-24-31)35-27-33-13-7-8-14-34(33)28-36(35)30-21-25-32(26-22-30)42-46-38-16-10-12-18-40(38)48(42)44(4,5)6/h7-28H,1-6H3. The molecule has 236 valence electrons. The minimum Gasteiger partial charge on any atom is -0.319 e. The summed E-state index contributed by atoms with van der Waals surface area (Å²) in [5.41, 5.74) is 11.1. The summed E-state index contributed by atoms with van der Waals surface area (Å²) in [4.78, 5) is 10.2. The molecular weight excluding hydrogens is 585 g/mol. The Balaban J connectivity index is 1.23. The molecule has 0 unspecified atom stereocenters. The Morgan fingerprint density at radius 1 is 0.396 bits per heavy atom. The number of hydrogen-bond donors (Lipinski definition) is 0. The first kappa shape index (κ1) is 29.9. The first-order chi connectivity index (χ1) is 23.1. The lowest BCUT2D eigenvalue weighted by atomic mass is 9.90. The second-order valence-electron chi connectivity index (χ2n) is 14.8. The quantitative estimate of drug-likeness (QED) is 0.195. The highest BCUT2D eigenvalue weighted by Crippen LogP contribution is 2.39. The minimum absolute atomic E-state index is 0.113. The van der Waals surface area contributed by atoms with Crippen molar-refractivity contribution in [2.24, 2.45) is 0 Å². The van der Waals surface area contributed by atoms with Crippen molar-refractivity contribution in [2.75, 3.05) is 0 Å². The monoisotopic (exact) mass is 624 g/mol. The number of para-hydroxylation sites is 4. The molecule has 2 aromatic heterocycles. The van der Waals surface area contributed by atoms with Crippen molar-refractivity contribution in [3.8, 4) is 45.0 Å². The molecule has 0 aliphatic rings. The van der Waals surface area contributed by atoms with E-state index in [-0.39, 0.29) is 11.1 Å². The van der Waals surface area contributed by atoms with E-state index in [4.69, 9.17) is 9.97 Å². The molecule has 8 aromatic rings. The van der Waals surface area contributed by atoms with E-state index in [1.165, 1.54) is 33.0 Å². The van der Waals surface area contributed by atoms with Crippen LogP contribution in [0.4, 0.5) is 0 Å². The predicted octanol–water partition coefficient (Wildman–Crippen LogP) is 11.7. The summed E-state index contributed by atoms with van der Waals surface area (Å²) in [6, 6.07) is 48.0. The highest BCUT2D eigenvalue weighted by Gasteiger charge is 2.24. The van der Waals surface area contributed by atoms with Crippen molar-refractivity contribution in [1.82, 2.24) is 19.1 Å². The zero-order chi connectivity index (χ0) is 33.2. The summed E-state index contributed by atoms with van der Waals surface area (Å²) in [6.07, 6.45) is 0. The van der Waals surface area contributed by atoms with E-state index in [0.717, 1.165) is 44.8 Å². The molecule has 0 saturated heterocycles. The van der Waals surface area contributed by atoms with Crippen LogP contribution in [-0.2, 0) is 11.1 Å². The fourth-order valence-corrected chi connectivity index (χ4v) is 7.11. The zero-order valence-corrected chi connectivity index (χ0v) is 28.5. The van der Waals surface area contributed by atoms with Crippen LogP contribution in [0.25, 0.3) is 77.9 Å². The molecule has 0 aliphatic carbocycles. The van der Waals surface area contributed by atoms with Gasteiger partial charge in [-0.3, -0.25) is 0 Å². The Kier molecular flexibility index (Phi) is 6.89. The lowest BCUT2D eigenvalue weighted by Crippen LogP contribution is -2.22. The molecule has 0 atom stereocenters. The van der Waals surface area contributed by atoms with Gasteiger partial charge >= 0.3 is 0 Å². The molecule has 0 saturated carbocycles. The number of nitrogens with zero attached hydrogens (tertiary/aromatic N) is 4. The fraction of sp³-hybridized carbons (Fsp3) is 0.182. The molecular formula is C44H40N4. The molecule has 2 heterocycles. The van der Waals surface area contributed by atoms with Crippen LogP contribution in [0.1, 0.15) is 41.5 Å². The normalized spacial score (nSPS) is 12.4. The van der Waals surface area contributed by atoms with Crippen LogP contribution in [0.3, 0.4) is 0 Å². The molecule has 0 N–H and O–H groups in total. The predicted molar refractivity (Wildman–Crippen MR) is 202 cm³/mol. The Morgan fingerprint density at radius 2 is 0.729 bits per heavy atom. The molecule has 0 spiro atoms. The van der Waals surface area contributed by atoms with Gasteiger partial charge in [0.15, 0.2) is 0 Å². The summed E-state index contributed by atoms with van der Waals surface area (Å²) in [5.74, 6) is 1.98. The lowest BCUT2D eigenvalue weighted by molar-refractivity contribution is 0.412. The van der Waals surface area contributed by atoms with E-state index in [1.54, 1.807) is 0 Å². The molecule has 0 amide bonds. The van der Waals surface area contributed by atoms with Gasteiger partial charge in [0.05, 0.1) is 22.1 Å². The molecule has 0 aliphatic heterocycles. The molecule has 48 heavy (non-hydrogen) atoms. The van der Waals surface area contributed by atoms with Gasteiger partial charge in [0.2, 0.25) is 0 Å². The number of aromatic nitrogens is 4. The molecule has 0 fully saturated rings. The van der Waals surface area contributed by atoms with Gasteiger partial charge in [0.25, 0.3) is 0 Å². The largest absolute Gasteiger partial charge is 0.319 e. The number of hydrogen-bond acceptors (Lipinski definition) is 2. The third-order valence-electron chi connectivity index (χ3n) is 9.26. The lowest BCUT2D eigenvalue weighted by Gasteiger charge is -2.25.